The molecule has 0 radical (unpaired) electrons. The Morgan fingerprint density at radius 3 is 2.96 bits per heavy atom. The predicted octanol–water partition coefficient (Wildman–Crippen LogP) is 4.74. The van der Waals surface area contributed by atoms with Gasteiger partial charge in [0.05, 0.1) is 5.69 Å². The first-order valence-electron chi connectivity index (χ1n) is 9.75. The van der Waals surface area contributed by atoms with Gasteiger partial charge in [0.1, 0.15) is 0 Å². The molecule has 1 aliphatic heterocycles. The van der Waals surface area contributed by atoms with Gasteiger partial charge in [-0.05, 0) is 49.9 Å². The van der Waals surface area contributed by atoms with E-state index in [1.165, 1.54) is 40.6 Å². The Morgan fingerprint density at radius 2 is 2.15 bits per heavy atom. The second kappa shape index (κ2) is 8.23. The summed E-state index contributed by atoms with van der Waals surface area (Å²) >= 11 is 1.52. The summed E-state index contributed by atoms with van der Waals surface area (Å²) < 4.78 is 0. The number of hydrogen-bond acceptors (Lipinski definition) is 4. The predicted molar refractivity (Wildman–Crippen MR) is 111 cm³/mol. The summed E-state index contributed by atoms with van der Waals surface area (Å²) in [5.41, 5.74) is 3.74. The van der Waals surface area contributed by atoms with Crippen LogP contribution in [0.1, 0.15) is 49.8 Å². The van der Waals surface area contributed by atoms with Gasteiger partial charge in [-0.15, -0.1) is 11.3 Å². The van der Waals surface area contributed by atoms with Crippen LogP contribution in [-0.2, 0) is 11.3 Å². The number of nitrogens with zero attached hydrogens (tertiary/aromatic N) is 2. The van der Waals surface area contributed by atoms with Gasteiger partial charge < -0.3 is 10.3 Å². The fourth-order valence-corrected chi connectivity index (χ4v) is 4.63. The van der Waals surface area contributed by atoms with E-state index in [2.05, 4.69) is 56.0 Å². The van der Waals surface area contributed by atoms with Crippen molar-refractivity contribution in [2.75, 3.05) is 18.4 Å². The van der Waals surface area contributed by atoms with Crippen molar-refractivity contribution in [3.05, 3.63) is 47.1 Å². The molecule has 5 nitrogen and oxygen atoms in total. The lowest BCUT2D eigenvalue weighted by atomic mass is 9.89. The SMILES string of the molecule is CCCC(=O)Nc1nc(CN2CCC(c3c[nH]c4ccccc34)CC2)cs1. The topological polar surface area (TPSA) is 61.0 Å². The second-order valence-electron chi connectivity index (χ2n) is 7.28. The van der Waals surface area contributed by atoms with E-state index in [-0.39, 0.29) is 5.91 Å². The first-order valence-corrected chi connectivity index (χ1v) is 10.6. The number of rotatable bonds is 6. The lowest BCUT2D eigenvalue weighted by Gasteiger charge is -2.31. The summed E-state index contributed by atoms with van der Waals surface area (Å²) in [7, 11) is 0. The van der Waals surface area contributed by atoms with Crippen molar-refractivity contribution < 1.29 is 4.79 Å². The van der Waals surface area contributed by atoms with Crippen LogP contribution in [0.5, 0.6) is 0 Å². The van der Waals surface area contributed by atoms with Crippen LogP contribution in [0, 0.1) is 0 Å². The number of para-hydroxylation sites is 1. The van der Waals surface area contributed by atoms with Crippen LogP contribution < -0.4 is 5.32 Å². The number of amides is 1. The Labute approximate surface area is 163 Å². The van der Waals surface area contributed by atoms with E-state index in [4.69, 9.17) is 0 Å². The van der Waals surface area contributed by atoms with Gasteiger partial charge in [-0.25, -0.2) is 4.98 Å². The molecule has 1 aliphatic rings. The molecule has 2 N–H and O–H groups in total. The highest BCUT2D eigenvalue weighted by Crippen LogP contribution is 2.33. The van der Waals surface area contributed by atoms with Gasteiger partial charge in [-0.3, -0.25) is 9.69 Å². The molecule has 1 fully saturated rings. The summed E-state index contributed by atoms with van der Waals surface area (Å²) in [6, 6.07) is 8.57. The van der Waals surface area contributed by atoms with Gasteiger partial charge in [0.25, 0.3) is 0 Å². The number of thiazole rings is 1. The fraction of sp³-hybridized carbons (Fsp3) is 0.429. The Hall–Kier alpha value is -2.18. The van der Waals surface area contributed by atoms with Crippen LogP contribution in [0.3, 0.4) is 0 Å². The smallest absolute Gasteiger partial charge is 0.226 e. The normalized spacial score (nSPS) is 16.0. The van der Waals surface area contributed by atoms with Gasteiger partial charge in [0, 0.05) is 35.4 Å². The summed E-state index contributed by atoms with van der Waals surface area (Å²) in [4.78, 5) is 22.1. The third-order valence-electron chi connectivity index (χ3n) is 5.31. The van der Waals surface area contributed by atoms with Crippen molar-refractivity contribution >= 4 is 33.3 Å². The van der Waals surface area contributed by atoms with E-state index >= 15 is 0 Å². The number of likely N-dealkylation sites (tertiary alicyclic amines) is 1. The summed E-state index contributed by atoms with van der Waals surface area (Å²) in [5.74, 6) is 0.676. The van der Waals surface area contributed by atoms with Crippen LogP contribution in [0.25, 0.3) is 10.9 Å². The van der Waals surface area contributed by atoms with Gasteiger partial charge in [-0.2, -0.15) is 0 Å². The minimum atomic E-state index is 0.0537. The zero-order valence-electron chi connectivity index (χ0n) is 15.7. The highest BCUT2D eigenvalue weighted by Gasteiger charge is 2.23. The standard InChI is InChI=1S/C21H26N4OS/c1-2-5-20(26)24-21-23-16(14-27-21)13-25-10-8-15(9-11-25)18-12-22-19-7-4-3-6-17(18)19/h3-4,6-7,12,14-15,22H,2,5,8-11,13H2,1H3,(H,23,24,26). The molecule has 2 aromatic heterocycles. The third kappa shape index (κ3) is 4.22. The molecule has 0 saturated carbocycles. The number of benzene rings is 1. The molecule has 27 heavy (non-hydrogen) atoms. The molecule has 1 aromatic carbocycles. The summed E-state index contributed by atoms with van der Waals surface area (Å²) in [6.45, 7) is 5.03. The average Bonchev–Trinajstić information content (AvgIpc) is 3.29. The molecule has 3 aromatic rings. The van der Waals surface area contributed by atoms with E-state index in [1.807, 2.05) is 6.92 Å². The van der Waals surface area contributed by atoms with E-state index < -0.39 is 0 Å². The molecular formula is C21H26N4OS. The lowest BCUT2D eigenvalue weighted by Crippen LogP contribution is -2.32. The maximum Gasteiger partial charge on any atom is 0.226 e. The monoisotopic (exact) mass is 382 g/mol. The molecule has 0 atom stereocenters. The zero-order valence-corrected chi connectivity index (χ0v) is 16.5. The quantitative estimate of drug-likeness (QED) is 0.647. The number of aromatic nitrogens is 2. The highest BCUT2D eigenvalue weighted by atomic mass is 32.1. The van der Waals surface area contributed by atoms with E-state index in [1.54, 1.807) is 0 Å². The van der Waals surface area contributed by atoms with E-state index in [0.717, 1.165) is 36.9 Å². The minimum absolute atomic E-state index is 0.0537. The number of H-pyrrole nitrogens is 1. The number of hydrogen-bond donors (Lipinski definition) is 2. The Balaban J connectivity index is 1.32. The van der Waals surface area contributed by atoms with Crippen LogP contribution in [-0.4, -0.2) is 33.9 Å². The maximum atomic E-state index is 11.7. The first kappa shape index (κ1) is 18.2. The van der Waals surface area contributed by atoms with Gasteiger partial charge in [0.15, 0.2) is 5.13 Å². The van der Waals surface area contributed by atoms with Crippen LogP contribution in [0.4, 0.5) is 5.13 Å². The number of piperidine rings is 1. The Bertz CT molecular complexity index is 908. The number of carbonyl (C=O) groups is 1. The molecule has 0 bridgehead atoms. The highest BCUT2D eigenvalue weighted by molar-refractivity contribution is 7.13. The fourth-order valence-electron chi connectivity index (χ4n) is 3.91. The molecule has 1 saturated heterocycles. The van der Waals surface area contributed by atoms with Crippen LogP contribution >= 0.6 is 11.3 Å². The number of nitrogens with one attached hydrogen (secondary N) is 2. The number of aromatic amines is 1. The first-order chi connectivity index (χ1) is 13.2. The second-order valence-corrected chi connectivity index (χ2v) is 8.14. The molecule has 6 heteroatoms. The van der Waals surface area contributed by atoms with Crippen molar-refractivity contribution in [3.8, 4) is 0 Å². The average molecular weight is 383 g/mol. The molecule has 4 rings (SSSR count). The van der Waals surface area contributed by atoms with Crippen molar-refractivity contribution in [1.29, 1.82) is 0 Å². The van der Waals surface area contributed by atoms with Gasteiger partial charge >= 0.3 is 0 Å². The van der Waals surface area contributed by atoms with Gasteiger partial charge in [0.2, 0.25) is 5.91 Å². The molecule has 142 valence electrons. The summed E-state index contributed by atoms with van der Waals surface area (Å²) in [6.07, 6.45) is 5.94. The molecule has 3 heterocycles. The number of carbonyl (C=O) groups excluding carboxylic acids is 1. The van der Waals surface area contributed by atoms with Crippen molar-refractivity contribution in [2.45, 2.75) is 45.1 Å². The minimum Gasteiger partial charge on any atom is -0.361 e. The number of fused-ring (bicyclic) bond motifs is 1. The van der Waals surface area contributed by atoms with Crippen LogP contribution in [0.2, 0.25) is 0 Å². The van der Waals surface area contributed by atoms with Crippen molar-refractivity contribution in [2.24, 2.45) is 0 Å². The lowest BCUT2D eigenvalue weighted by molar-refractivity contribution is -0.116. The zero-order chi connectivity index (χ0) is 18.6. The van der Waals surface area contributed by atoms with Crippen molar-refractivity contribution in [3.63, 3.8) is 0 Å². The Morgan fingerprint density at radius 1 is 1.33 bits per heavy atom. The molecule has 1 amide bonds. The molecule has 0 spiro atoms. The third-order valence-corrected chi connectivity index (χ3v) is 6.12. The maximum absolute atomic E-state index is 11.7. The number of anilines is 1. The molecular weight excluding hydrogens is 356 g/mol. The van der Waals surface area contributed by atoms with Gasteiger partial charge in [-0.1, -0.05) is 25.1 Å². The van der Waals surface area contributed by atoms with Crippen LogP contribution in [0.15, 0.2) is 35.8 Å². The molecule has 0 unspecified atom stereocenters. The molecule has 0 aliphatic carbocycles. The Kier molecular flexibility index (Phi) is 5.55. The van der Waals surface area contributed by atoms with E-state index in [9.17, 15) is 4.79 Å². The summed E-state index contributed by atoms with van der Waals surface area (Å²) in [5, 5.41) is 7.04. The largest absolute Gasteiger partial charge is 0.361 e. The van der Waals surface area contributed by atoms with Crippen molar-refractivity contribution in [1.82, 2.24) is 14.9 Å². The van der Waals surface area contributed by atoms with E-state index in [0.29, 0.717) is 12.3 Å².